The van der Waals surface area contributed by atoms with Crippen molar-refractivity contribution in [1.82, 2.24) is 10.3 Å². The van der Waals surface area contributed by atoms with Crippen LogP contribution in [0.2, 0.25) is 0 Å². The minimum Gasteiger partial charge on any atom is -0.370 e. The summed E-state index contributed by atoms with van der Waals surface area (Å²) in [6, 6.07) is 7.00. The third kappa shape index (κ3) is 3.61. The van der Waals surface area contributed by atoms with Crippen molar-refractivity contribution in [3.05, 3.63) is 40.1 Å². The van der Waals surface area contributed by atoms with E-state index in [1.165, 1.54) is 6.07 Å². The molecule has 1 aliphatic heterocycles. The van der Waals surface area contributed by atoms with Crippen LogP contribution in [-0.2, 0) is 4.79 Å². The highest BCUT2D eigenvalue weighted by Gasteiger charge is 2.27. The van der Waals surface area contributed by atoms with E-state index < -0.39 is 4.92 Å². The van der Waals surface area contributed by atoms with Gasteiger partial charge in [-0.15, -0.1) is 0 Å². The summed E-state index contributed by atoms with van der Waals surface area (Å²) < 4.78 is 0. The van der Waals surface area contributed by atoms with Crippen LogP contribution in [-0.4, -0.2) is 35.4 Å². The smallest absolute Gasteiger partial charge is 0.295 e. The number of aromatic nitrogens is 1. The molecule has 1 N–H and O–H groups in total. The average Bonchev–Trinajstić information content (AvgIpc) is 2.64. The number of hydrogen-bond acceptors (Lipinski definition) is 5. The topological polar surface area (TPSA) is 88.4 Å². The predicted octanol–water partition coefficient (Wildman–Crippen LogP) is 3.19. The Hall–Kier alpha value is -2.70. The second kappa shape index (κ2) is 7.68. The van der Waals surface area contributed by atoms with Gasteiger partial charge in [0, 0.05) is 42.5 Å². The van der Waals surface area contributed by atoms with E-state index in [0.717, 1.165) is 42.6 Å². The maximum absolute atomic E-state index is 12.4. The molecule has 7 nitrogen and oxygen atoms in total. The highest BCUT2D eigenvalue weighted by molar-refractivity contribution is 5.97. The van der Waals surface area contributed by atoms with Crippen LogP contribution < -0.4 is 10.2 Å². The van der Waals surface area contributed by atoms with E-state index in [1.54, 1.807) is 6.07 Å². The number of aryl methyl sites for hydroxylation is 1. The summed E-state index contributed by atoms with van der Waals surface area (Å²) in [6.07, 6.45) is 2.70. The molecule has 1 aromatic carbocycles. The van der Waals surface area contributed by atoms with Gasteiger partial charge in [-0.25, -0.2) is 4.98 Å². The Morgan fingerprint density at radius 3 is 3.00 bits per heavy atom. The van der Waals surface area contributed by atoms with Gasteiger partial charge in [0.15, 0.2) is 5.52 Å². The predicted molar refractivity (Wildman–Crippen MR) is 101 cm³/mol. The van der Waals surface area contributed by atoms with E-state index in [1.807, 2.05) is 26.0 Å². The number of piperidine rings is 1. The number of pyridine rings is 1. The van der Waals surface area contributed by atoms with Gasteiger partial charge in [0.2, 0.25) is 5.91 Å². The van der Waals surface area contributed by atoms with Gasteiger partial charge in [-0.05, 0) is 32.3 Å². The molecule has 1 aliphatic rings. The second-order valence-electron chi connectivity index (χ2n) is 6.79. The third-order valence-electron chi connectivity index (χ3n) is 4.80. The van der Waals surface area contributed by atoms with E-state index in [2.05, 4.69) is 15.2 Å². The summed E-state index contributed by atoms with van der Waals surface area (Å²) in [6.45, 7) is 6.02. The summed E-state index contributed by atoms with van der Waals surface area (Å²) >= 11 is 0. The van der Waals surface area contributed by atoms with Crippen molar-refractivity contribution in [1.29, 1.82) is 0 Å². The van der Waals surface area contributed by atoms with Crippen LogP contribution in [0.25, 0.3) is 10.9 Å². The zero-order valence-corrected chi connectivity index (χ0v) is 15.2. The maximum Gasteiger partial charge on any atom is 0.295 e. The van der Waals surface area contributed by atoms with Crippen molar-refractivity contribution in [3.8, 4) is 0 Å². The van der Waals surface area contributed by atoms with Crippen LogP contribution in [0.1, 0.15) is 31.9 Å². The number of hydrogen-bond donors (Lipinski definition) is 1. The Kier molecular flexibility index (Phi) is 5.35. The fourth-order valence-electron chi connectivity index (χ4n) is 3.55. The molecule has 1 atom stereocenters. The molecule has 0 spiro atoms. The van der Waals surface area contributed by atoms with Gasteiger partial charge >= 0.3 is 0 Å². The fraction of sp³-hybridized carbons (Fsp3) is 0.474. The summed E-state index contributed by atoms with van der Waals surface area (Å²) in [5.74, 6) is 0.0372. The number of para-hydroxylation sites is 1. The highest BCUT2D eigenvalue weighted by atomic mass is 16.6. The third-order valence-corrected chi connectivity index (χ3v) is 4.80. The van der Waals surface area contributed by atoms with Crippen molar-refractivity contribution in [2.75, 3.05) is 24.5 Å². The number of nitro groups is 1. The Bertz CT molecular complexity index is 837. The van der Waals surface area contributed by atoms with Gasteiger partial charge in [-0.3, -0.25) is 14.9 Å². The standard InChI is InChI=1S/C19H24N4O3/c1-3-9-20-19(24)14-6-5-10-22(12-14)17-11-13(2)21-18-15(17)7-4-8-16(18)23(25)26/h4,7-8,11,14H,3,5-6,9-10,12H2,1-2H3,(H,20,24). The highest BCUT2D eigenvalue weighted by Crippen LogP contribution is 2.34. The number of nitrogens with one attached hydrogen (secondary N) is 1. The lowest BCUT2D eigenvalue weighted by molar-refractivity contribution is -0.383. The van der Waals surface area contributed by atoms with Crippen molar-refractivity contribution in [2.45, 2.75) is 33.1 Å². The van der Waals surface area contributed by atoms with Gasteiger partial charge in [-0.2, -0.15) is 0 Å². The van der Waals surface area contributed by atoms with Gasteiger partial charge in [0.25, 0.3) is 5.69 Å². The number of fused-ring (bicyclic) bond motifs is 1. The number of amides is 1. The SMILES string of the molecule is CCCNC(=O)C1CCCN(c2cc(C)nc3c([N+](=O)[O-])cccc23)C1. The van der Waals surface area contributed by atoms with Crippen molar-refractivity contribution in [2.24, 2.45) is 5.92 Å². The quantitative estimate of drug-likeness (QED) is 0.656. The van der Waals surface area contributed by atoms with Crippen LogP contribution in [0.15, 0.2) is 24.3 Å². The Morgan fingerprint density at radius 2 is 2.27 bits per heavy atom. The zero-order valence-electron chi connectivity index (χ0n) is 15.2. The van der Waals surface area contributed by atoms with Crippen LogP contribution in [0.3, 0.4) is 0 Å². The molecule has 1 saturated heterocycles. The van der Waals surface area contributed by atoms with E-state index in [9.17, 15) is 14.9 Å². The number of anilines is 1. The molecule has 3 rings (SSSR count). The van der Waals surface area contributed by atoms with Crippen LogP contribution in [0.4, 0.5) is 11.4 Å². The average molecular weight is 356 g/mol. The number of rotatable bonds is 5. The molecule has 0 aliphatic carbocycles. The fourth-order valence-corrected chi connectivity index (χ4v) is 3.55. The lowest BCUT2D eigenvalue weighted by Crippen LogP contribution is -2.43. The minimum absolute atomic E-state index is 0.0155. The van der Waals surface area contributed by atoms with Gasteiger partial charge in [-0.1, -0.05) is 19.1 Å². The number of benzene rings is 1. The summed E-state index contributed by atoms with van der Waals surface area (Å²) in [5.41, 5.74) is 2.08. The number of carbonyl (C=O) groups excluding carboxylic acids is 1. The number of nitro benzene ring substituents is 1. The Balaban J connectivity index is 1.96. The van der Waals surface area contributed by atoms with E-state index >= 15 is 0 Å². The van der Waals surface area contributed by atoms with Gasteiger partial charge in [0.1, 0.15) is 0 Å². The van der Waals surface area contributed by atoms with E-state index in [4.69, 9.17) is 0 Å². The molecule has 1 aromatic heterocycles. The molecule has 2 heterocycles. The summed E-state index contributed by atoms with van der Waals surface area (Å²) in [7, 11) is 0. The molecule has 1 amide bonds. The van der Waals surface area contributed by atoms with E-state index in [-0.39, 0.29) is 17.5 Å². The molecule has 138 valence electrons. The number of nitrogens with zero attached hydrogens (tertiary/aromatic N) is 3. The van der Waals surface area contributed by atoms with Gasteiger partial charge < -0.3 is 10.2 Å². The van der Waals surface area contributed by atoms with Crippen molar-refractivity contribution in [3.63, 3.8) is 0 Å². The number of non-ortho nitro benzene ring substituents is 1. The molecule has 2 aromatic rings. The first-order valence-corrected chi connectivity index (χ1v) is 9.08. The molecule has 7 heteroatoms. The molecular weight excluding hydrogens is 332 g/mol. The Labute approximate surface area is 152 Å². The minimum atomic E-state index is -0.393. The molecular formula is C19H24N4O3. The van der Waals surface area contributed by atoms with Crippen LogP contribution >= 0.6 is 0 Å². The van der Waals surface area contributed by atoms with Gasteiger partial charge in [0.05, 0.1) is 10.8 Å². The van der Waals surface area contributed by atoms with Crippen molar-refractivity contribution < 1.29 is 9.72 Å². The second-order valence-corrected chi connectivity index (χ2v) is 6.79. The lowest BCUT2D eigenvalue weighted by atomic mass is 9.96. The molecule has 26 heavy (non-hydrogen) atoms. The first-order valence-electron chi connectivity index (χ1n) is 9.08. The van der Waals surface area contributed by atoms with Crippen molar-refractivity contribution >= 4 is 28.2 Å². The zero-order chi connectivity index (χ0) is 18.7. The maximum atomic E-state index is 12.4. The monoisotopic (exact) mass is 356 g/mol. The summed E-state index contributed by atoms with van der Waals surface area (Å²) in [5, 5.41) is 15.1. The molecule has 0 radical (unpaired) electrons. The first kappa shape index (κ1) is 18.1. The molecule has 1 unspecified atom stereocenters. The molecule has 1 fully saturated rings. The summed E-state index contributed by atoms with van der Waals surface area (Å²) in [4.78, 5) is 29.9. The normalized spacial score (nSPS) is 17.3. The van der Waals surface area contributed by atoms with Crippen LogP contribution in [0.5, 0.6) is 0 Å². The molecule has 0 saturated carbocycles. The van der Waals surface area contributed by atoms with E-state index in [0.29, 0.717) is 18.6 Å². The number of carbonyl (C=O) groups is 1. The van der Waals surface area contributed by atoms with Crippen LogP contribution in [0, 0.1) is 23.0 Å². The first-order chi connectivity index (χ1) is 12.5. The Morgan fingerprint density at radius 1 is 1.46 bits per heavy atom. The largest absolute Gasteiger partial charge is 0.370 e. The molecule has 0 bridgehead atoms. The lowest BCUT2D eigenvalue weighted by Gasteiger charge is -2.34.